The lowest BCUT2D eigenvalue weighted by molar-refractivity contribution is 0.186. The molecule has 2 N–H and O–H groups in total. The van der Waals surface area contributed by atoms with Crippen LogP contribution in [0.1, 0.15) is 24.0 Å². The Kier molecular flexibility index (Phi) is 6.48. The highest BCUT2D eigenvalue weighted by Gasteiger charge is 2.20. The first-order valence-electron chi connectivity index (χ1n) is 8.74. The fraction of sp³-hybridized carbons (Fsp3) is 0.350. The van der Waals surface area contributed by atoms with E-state index in [1.54, 1.807) is 0 Å². The molecule has 0 aromatic heterocycles. The summed E-state index contributed by atoms with van der Waals surface area (Å²) < 4.78 is 1.04. The van der Waals surface area contributed by atoms with Crippen LogP contribution in [0.25, 0.3) is 0 Å². The lowest BCUT2D eigenvalue weighted by Crippen LogP contribution is -2.47. The van der Waals surface area contributed by atoms with Gasteiger partial charge in [-0.15, -0.1) is 0 Å². The zero-order valence-electron chi connectivity index (χ0n) is 14.2. The summed E-state index contributed by atoms with van der Waals surface area (Å²) in [5.74, 6) is 0. The zero-order valence-corrected chi connectivity index (χ0v) is 15.8. The molecule has 132 valence electrons. The van der Waals surface area contributed by atoms with Gasteiger partial charge in [-0.2, -0.15) is 0 Å². The first kappa shape index (κ1) is 18.0. The summed E-state index contributed by atoms with van der Waals surface area (Å²) in [5, 5.41) is 6.04. The van der Waals surface area contributed by atoms with Gasteiger partial charge < -0.3 is 10.6 Å². The van der Waals surface area contributed by atoms with Crippen molar-refractivity contribution in [3.8, 4) is 0 Å². The average molecular weight is 402 g/mol. The van der Waals surface area contributed by atoms with Crippen LogP contribution in [-0.2, 0) is 13.1 Å². The number of nitrogens with zero attached hydrogens (tertiary/aromatic N) is 1. The van der Waals surface area contributed by atoms with Crippen molar-refractivity contribution in [1.82, 2.24) is 15.5 Å². The van der Waals surface area contributed by atoms with Crippen molar-refractivity contribution in [2.75, 3.05) is 13.1 Å². The summed E-state index contributed by atoms with van der Waals surface area (Å²) >= 11 is 3.41. The maximum Gasteiger partial charge on any atom is 0.315 e. The minimum atomic E-state index is -0.0792. The van der Waals surface area contributed by atoms with E-state index >= 15 is 0 Å². The molecule has 1 aliphatic heterocycles. The van der Waals surface area contributed by atoms with Crippen molar-refractivity contribution < 1.29 is 4.79 Å². The monoisotopic (exact) mass is 401 g/mol. The van der Waals surface area contributed by atoms with Gasteiger partial charge in [-0.3, -0.25) is 4.90 Å². The maximum atomic E-state index is 12.1. The quantitative estimate of drug-likeness (QED) is 0.797. The fourth-order valence-corrected chi connectivity index (χ4v) is 3.36. The van der Waals surface area contributed by atoms with Crippen LogP contribution in [0.4, 0.5) is 4.79 Å². The molecule has 0 radical (unpaired) electrons. The van der Waals surface area contributed by atoms with Gasteiger partial charge in [0.2, 0.25) is 0 Å². The first-order chi connectivity index (χ1) is 12.2. The molecule has 1 aliphatic rings. The largest absolute Gasteiger partial charge is 0.335 e. The topological polar surface area (TPSA) is 44.4 Å². The fourth-order valence-electron chi connectivity index (χ4n) is 3.10. The molecule has 2 amide bonds. The SMILES string of the molecule is O=C(NCc1ccc(Br)cc1)NC1CCN(Cc2ccccc2)CC1. The van der Waals surface area contributed by atoms with Gasteiger partial charge in [-0.1, -0.05) is 58.4 Å². The predicted octanol–water partition coefficient (Wildman–Crippen LogP) is 3.91. The van der Waals surface area contributed by atoms with E-state index in [9.17, 15) is 4.79 Å². The molecule has 2 aromatic rings. The predicted molar refractivity (Wildman–Crippen MR) is 104 cm³/mol. The molecule has 5 heteroatoms. The Labute approximate surface area is 157 Å². The Morgan fingerprint density at radius 1 is 1.00 bits per heavy atom. The van der Waals surface area contributed by atoms with E-state index in [0.717, 1.165) is 42.5 Å². The van der Waals surface area contributed by atoms with E-state index in [1.165, 1.54) is 5.56 Å². The van der Waals surface area contributed by atoms with Crippen LogP contribution in [0, 0.1) is 0 Å². The van der Waals surface area contributed by atoms with Crippen molar-refractivity contribution in [2.24, 2.45) is 0 Å². The minimum Gasteiger partial charge on any atom is -0.335 e. The number of likely N-dealkylation sites (tertiary alicyclic amines) is 1. The molecular weight excluding hydrogens is 378 g/mol. The number of urea groups is 1. The molecule has 3 rings (SSSR count). The lowest BCUT2D eigenvalue weighted by Gasteiger charge is -2.32. The van der Waals surface area contributed by atoms with Crippen LogP contribution in [0.2, 0.25) is 0 Å². The normalized spacial score (nSPS) is 15.7. The van der Waals surface area contributed by atoms with Crippen LogP contribution in [0.3, 0.4) is 0 Å². The number of hydrogen-bond acceptors (Lipinski definition) is 2. The summed E-state index contributed by atoms with van der Waals surface area (Å²) in [5.41, 5.74) is 2.44. The van der Waals surface area contributed by atoms with Crippen molar-refractivity contribution in [2.45, 2.75) is 32.0 Å². The lowest BCUT2D eigenvalue weighted by atomic mass is 10.0. The van der Waals surface area contributed by atoms with E-state index in [1.807, 2.05) is 30.3 Å². The number of carbonyl (C=O) groups is 1. The Balaban J connectivity index is 1.36. The maximum absolute atomic E-state index is 12.1. The second-order valence-corrected chi connectivity index (χ2v) is 7.41. The number of halogens is 1. The average Bonchev–Trinajstić information content (AvgIpc) is 2.64. The third kappa shape index (κ3) is 5.87. The molecule has 0 saturated carbocycles. The molecule has 4 nitrogen and oxygen atoms in total. The number of rotatable bonds is 5. The van der Waals surface area contributed by atoms with Gasteiger partial charge in [0, 0.05) is 36.7 Å². The van der Waals surface area contributed by atoms with Gasteiger partial charge in [-0.25, -0.2) is 4.79 Å². The van der Waals surface area contributed by atoms with Gasteiger partial charge in [-0.05, 0) is 36.1 Å². The molecular formula is C20H24BrN3O. The zero-order chi connectivity index (χ0) is 17.5. The third-order valence-electron chi connectivity index (χ3n) is 4.54. The summed E-state index contributed by atoms with van der Waals surface area (Å²) in [6.45, 7) is 3.58. The van der Waals surface area contributed by atoms with E-state index in [4.69, 9.17) is 0 Å². The van der Waals surface area contributed by atoms with Gasteiger partial charge in [0.05, 0.1) is 0 Å². The molecule has 0 spiro atoms. The van der Waals surface area contributed by atoms with E-state index in [-0.39, 0.29) is 12.1 Å². The molecule has 0 unspecified atom stereocenters. The van der Waals surface area contributed by atoms with E-state index in [2.05, 4.69) is 55.7 Å². The van der Waals surface area contributed by atoms with Crippen LogP contribution >= 0.6 is 15.9 Å². The first-order valence-corrected chi connectivity index (χ1v) is 9.53. The Morgan fingerprint density at radius 3 is 2.36 bits per heavy atom. The highest BCUT2D eigenvalue weighted by Crippen LogP contribution is 2.14. The van der Waals surface area contributed by atoms with E-state index < -0.39 is 0 Å². The highest BCUT2D eigenvalue weighted by atomic mass is 79.9. The van der Waals surface area contributed by atoms with Gasteiger partial charge in [0.1, 0.15) is 0 Å². The highest BCUT2D eigenvalue weighted by molar-refractivity contribution is 9.10. The van der Waals surface area contributed by atoms with Gasteiger partial charge in [0.25, 0.3) is 0 Å². The van der Waals surface area contributed by atoms with Crippen molar-refractivity contribution in [3.05, 3.63) is 70.2 Å². The van der Waals surface area contributed by atoms with Crippen LogP contribution in [0.15, 0.2) is 59.1 Å². The van der Waals surface area contributed by atoms with Gasteiger partial charge >= 0.3 is 6.03 Å². The summed E-state index contributed by atoms with van der Waals surface area (Å²) in [7, 11) is 0. The number of piperidine rings is 1. The Bertz CT molecular complexity index is 667. The van der Waals surface area contributed by atoms with Crippen LogP contribution in [0.5, 0.6) is 0 Å². The molecule has 0 atom stereocenters. The molecule has 1 heterocycles. The smallest absolute Gasteiger partial charge is 0.315 e. The van der Waals surface area contributed by atoms with Crippen LogP contribution < -0.4 is 10.6 Å². The number of benzene rings is 2. The molecule has 0 bridgehead atoms. The number of carbonyl (C=O) groups excluding carboxylic acids is 1. The van der Waals surface area contributed by atoms with Crippen LogP contribution in [-0.4, -0.2) is 30.1 Å². The van der Waals surface area contributed by atoms with Gasteiger partial charge in [0.15, 0.2) is 0 Å². The second kappa shape index (κ2) is 9.02. The summed E-state index contributed by atoms with van der Waals surface area (Å²) in [4.78, 5) is 14.5. The Morgan fingerprint density at radius 2 is 1.68 bits per heavy atom. The number of hydrogen-bond donors (Lipinski definition) is 2. The number of amides is 2. The third-order valence-corrected chi connectivity index (χ3v) is 5.07. The molecule has 1 fully saturated rings. The van der Waals surface area contributed by atoms with Crippen molar-refractivity contribution in [3.63, 3.8) is 0 Å². The van der Waals surface area contributed by atoms with E-state index in [0.29, 0.717) is 6.54 Å². The Hall–Kier alpha value is -1.85. The molecule has 25 heavy (non-hydrogen) atoms. The van der Waals surface area contributed by atoms with Crippen molar-refractivity contribution in [1.29, 1.82) is 0 Å². The van der Waals surface area contributed by atoms with Crippen molar-refractivity contribution >= 4 is 22.0 Å². The number of nitrogens with one attached hydrogen (secondary N) is 2. The standard InChI is InChI=1S/C20H24BrN3O/c21-18-8-6-16(7-9-18)14-22-20(25)23-19-10-12-24(13-11-19)15-17-4-2-1-3-5-17/h1-9,19H,10-15H2,(H2,22,23,25). The summed E-state index contributed by atoms with van der Waals surface area (Å²) in [6, 6.07) is 18.7. The summed E-state index contributed by atoms with van der Waals surface area (Å²) in [6.07, 6.45) is 2.00. The molecule has 2 aromatic carbocycles. The molecule has 0 aliphatic carbocycles. The molecule has 1 saturated heterocycles. The minimum absolute atomic E-state index is 0.0792. The second-order valence-electron chi connectivity index (χ2n) is 6.49.